The van der Waals surface area contributed by atoms with Crippen molar-refractivity contribution >= 4 is 35.0 Å². The van der Waals surface area contributed by atoms with Gasteiger partial charge in [0.05, 0.1) is 5.69 Å². The number of ether oxygens (including phenoxy) is 2. The Kier molecular flexibility index (Phi) is 11.6. The molecule has 50 heavy (non-hydrogen) atoms. The van der Waals surface area contributed by atoms with Gasteiger partial charge in [-0.1, -0.05) is 97.1 Å². The fraction of sp³-hybridized carbons (Fsp3) is 0.128. The van der Waals surface area contributed by atoms with Gasteiger partial charge in [0.2, 0.25) is 5.91 Å². The highest BCUT2D eigenvalue weighted by molar-refractivity contribution is 5.97. The van der Waals surface area contributed by atoms with E-state index in [0.29, 0.717) is 33.7 Å². The summed E-state index contributed by atoms with van der Waals surface area (Å²) in [5, 5.41) is 26.5. The van der Waals surface area contributed by atoms with Crippen LogP contribution in [0, 0.1) is 5.41 Å². The molecule has 0 radical (unpaired) electrons. The zero-order valence-electron chi connectivity index (χ0n) is 27.2. The predicted octanol–water partition coefficient (Wildman–Crippen LogP) is 5.97. The van der Waals surface area contributed by atoms with Gasteiger partial charge in [0.15, 0.2) is 12.1 Å². The minimum atomic E-state index is -1.34. The average Bonchev–Trinajstić information content (AvgIpc) is 3.14. The Morgan fingerprint density at radius 3 is 1.92 bits per heavy atom. The molecular formula is C39H37N5O6. The second kappa shape index (κ2) is 16.6. The third-order valence-corrected chi connectivity index (χ3v) is 7.84. The lowest BCUT2D eigenvalue weighted by Gasteiger charge is -2.24. The molecule has 0 fully saturated rings. The van der Waals surface area contributed by atoms with Gasteiger partial charge < -0.3 is 36.3 Å². The summed E-state index contributed by atoms with van der Waals surface area (Å²) in [6.07, 6.45) is -0.943. The van der Waals surface area contributed by atoms with Crippen LogP contribution in [0.4, 0.5) is 11.4 Å². The van der Waals surface area contributed by atoms with Crippen molar-refractivity contribution in [3.63, 3.8) is 0 Å². The van der Waals surface area contributed by atoms with Gasteiger partial charge in [-0.2, -0.15) is 0 Å². The number of nitrogen functional groups attached to an aromatic ring is 1. The number of rotatable bonds is 15. The van der Waals surface area contributed by atoms with Crippen molar-refractivity contribution in [2.24, 2.45) is 5.73 Å². The van der Waals surface area contributed by atoms with Crippen LogP contribution < -0.4 is 26.4 Å². The van der Waals surface area contributed by atoms with E-state index in [2.05, 4.69) is 16.0 Å². The number of amidine groups is 1. The Bertz CT molecular complexity index is 1920. The molecule has 2 amide bonds. The third-order valence-electron chi connectivity index (χ3n) is 7.84. The molecule has 0 aromatic heterocycles. The Hall–Kier alpha value is -6.46. The number of benzene rings is 5. The van der Waals surface area contributed by atoms with Crippen molar-refractivity contribution in [3.8, 4) is 5.75 Å². The van der Waals surface area contributed by atoms with Crippen LogP contribution in [0.1, 0.15) is 46.0 Å². The topological polar surface area (TPSA) is 176 Å². The summed E-state index contributed by atoms with van der Waals surface area (Å²) in [5.41, 5.74) is 9.22. The standard InChI is InChI=1S/C39H37N5O6/c1-49-35(27-15-9-4-10-16-27)38(46)43-31-23-29(19-22-32(31)50-24-25-11-5-2-6-12-25)33(42-30-20-17-28(18-21-30)36(40)41)37(45)44-34(39(47)48)26-13-7-3-8-14-26/h2-23,33-35,42H,24H2,1H3,(H3,40,41)(H,43,46)(H,44,45)(H,47,48)/t33-,34?,35?/m1/s1. The second-order valence-corrected chi connectivity index (χ2v) is 11.3. The smallest absolute Gasteiger partial charge is 0.330 e. The average molecular weight is 672 g/mol. The van der Waals surface area contributed by atoms with Crippen LogP contribution in [-0.2, 0) is 25.7 Å². The van der Waals surface area contributed by atoms with Crippen LogP contribution in [0.25, 0.3) is 0 Å². The lowest BCUT2D eigenvalue weighted by Crippen LogP contribution is -2.39. The maximum absolute atomic E-state index is 14.1. The highest BCUT2D eigenvalue weighted by Crippen LogP contribution is 2.33. The van der Waals surface area contributed by atoms with Crippen LogP contribution in [0.5, 0.6) is 5.75 Å². The van der Waals surface area contributed by atoms with Crippen molar-refractivity contribution in [3.05, 3.63) is 161 Å². The van der Waals surface area contributed by atoms with E-state index < -0.39 is 36.0 Å². The van der Waals surface area contributed by atoms with Crippen LogP contribution in [0.15, 0.2) is 133 Å². The number of anilines is 2. The quantitative estimate of drug-likeness (QED) is 0.0583. The van der Waals surface area contributed by atoms with Crippen LogP contribution in [0.2, 0.25) is 0 Å². The van der Waals surface area contributed by atoms with E-state index in [1.54, 1.807) is 97.1 Å². The number of carboxylic acid groups (broad SMARTS) is 1. The second-order valence-electron chi connectivity index (χ2n) is 11.3. The van der Waals surface area contributed by atoms with Crippen molar-refractivity contribution in [2.45, 2.75) is 24.8 Å². The molecule has 5 aromatic rings. The predicted molar refractivity (Wildman–Crippen MR) is 191 cm³/mol. The van der Waals surface area contributed by atoms with E-state index in [4.69, 9.17) is 20.6 Å². The van der Waals surface area contributed by atoms with E-state index in [9.17, 15) is 19.5 Å². The van der Waals surface area contributed by atoms with Gasteiger partial charge >= 0.3 is 5.97 Å². The fourth-order valence-electron chi connectivity index (χ4n) is 5.28. The van der Waals surface area contributed by atoms with E-state index in [0.717, 1.165) is 5.56 Å². The Labute approximate surface area is 289 Å². The van der Waals surface area contributed by atoms with Gasteiger partial charge in [0, 0.05) is 18.4 Å². The first-order valence-corrected chi connectivity index (χ1v) is 15.7. The van der Waals surface area contributed by atoms with Crippen LogP contribution >= 0.6 is 0 Å². The summed E-state index contributed by atoms with van der Waals surface area (Å²) in [6, 6.07) is 35.9. The summed E-state index contributed by atoms with van der Waals surface area (Å²) in [4.78, 5) is 40.0. The molecule has 5 rings (SSSR count). The molecule has 7 N–H and O–H groups in total. The van der Waals surface area contributed by atoms with Crippen LogP contribution in [0.3, 0.4) is 0 Å². The largest absolute Gasteiger partial charge is 0.487 e. The number of carboxylic acids is 1. The van der Waals surface area contributed by atoms with Crippen LogP contribution in [-0.4, -0.2) is 35.8 Å². The SMILES string of the molecule is COC(C(=O)Nc1cc([C@@H](Nc2ccc(C(=N)N)cc2)C(=O)NC(C(=O)O)c2ccccc2)ccc1OCc1ccccc1)c1ccccc1. The molecule has 0 aliphatic carbocycles. The number of amides is 2. The summed E-state index contributed by atoms with van der Waals surface area (Å²) in [6.45, 7) is 0.206. The molecule has 0 spiro atoms. The molecule has 0 aliphatic rings. The summed E-state index contributed by atoms with van der Waals surface area (Å²) in [7, 11) is 1.44. The third kappa shape index (κ3) is 8.91. The van der Waals surface area contributed by atoms with E-state index >= 15 is 0 Å². The monoisotopic (exact) mass is 671 g/mol. The molecule has 0 bridgehead atoms. The maximum atomic E-state index is 14.1. The number of aliphatic carboxylic acids is 1. The molecule has 0 saturated carbocycles. The summed E-state index contributed by atoms with van der Waals surface area (Å²) < 4.78 is 11.7. The molecule has 2 unspecified atom stereocenters. The van der Waals surface area contributed by atoms with Gasteiger partial charge in [-0.15, -0.1) is 0 Å². The number of hydrogen-bond acceptors (Lipinski definition) is 7. The van der Waals surface area contributed by atoms with E-state index in [-0.39, 0.29) is 18.1 Å². The van der Waals surface area contributed by atoms with Crippen molar-refractivity contribution in [2.75, 3.05) is 17.7 Å². The normalized spacial score (nSPS) is 12.5. The van der Waals surface area contributed by atoms with Gasteiger partial charge in [-0.3, -0.25) is 15.0 Å². The van der Waals surface area contributed by atoms with E-state index in [1.165, 1.54) is 7.11 Å². The number of hydrogen-bond donors (Lipinski definition) is 6. The molecule has 11 heteroatoms. The number of carbonyl (C=O) groups excluding carboxylic acids is 2. The van der Waals surface area contributed by atoms with Crippen molar-refractivity contribution in [1.29, 1.82) is 5.41 Å². The van der Waals surface area contributed by atoms with E-state index in [1.807, 2.05) is 36.4 Å². The first kappa shape index (κ1) is 34.9. The van der Waals surface area contributed by atoms with Gasteiger partial charge in [0.25, 0.3) is 5.91 Å². The molecule has 0 saturated heterocycles. The minimum absolute atomic E-state index is 0.116. The lowest BCUT2D eigenvalue weighted by atomic mass is 10.0. The maximum Gasteiger partial charge on any atom is 0.330 e. The Morgan fingerprint density at radius 2 is 1.34 bits per heavy atom. The zero-order chi connectivity index (χ0) is 35.5. The number of nitrogens with one attached hydrogen (secondary N) is 4. The molecular weight excluding hydrogens is 634 g/mol. The molecule has 5 aromatic carbocycles. The molecule has 11 nitrogen and oxygen atoms in total. The summed E-state index contributed by atoms with van der Waals surface area (Å²) >= 11 is 0. The molecule has 3 atom stereocenters. The summed E-state index contributed by atoms with van der Waals surface area (Å²) in [5.74, 6) is -2.13. The van der Waals surface area contributed by atoms with Crippen molar-refractivity contribution < 1.29 is 29.0 Å². The first-order chi connectivity index (χ1) is 24.2. The van der Waals surface area contributed by atoms with Crippen molar-refractivity contribution in [1.82, 2.24) is 5.32 Å². The molecule has 254 valence electrons. The fourth-order valence-corrected chi connectivity index (χ4v) is 5.28. The molecule has 0 heterocycles. The lowest BCUT2D eigenvalue weighted by molar-refractivity contribution is -0.142. The first-order valence-electron chi connectivity index (χ1n) is 15.7. The zero-order valence-corrected chi connectivity index (χ0v) is 27.2. The van der Waals surface area contributed by atoms with Gasteiger partial charge in [-0.25, -0.2) is 4.79 Å². The minimum Gasteiger partial charge on any atom is -0.487 e. The molecule has 0 aliphatic heterocycles. The number of nitrogens with two attached hydrogens (primary N) is 1. The van der Waals surface area contributed by atoms with Gasteiger partial charge in [-0.05, 0) is 58.7 Å². The highest BCUT2D eigenvalue weighted by atomic mass is 16.5. The Morgan fingerprint density at radius 1 is 0.740 bits per heavy atom. The van der Waals surface area contributed by atoms with Gasteiger partial charge in [0.1, 0.15) is 24.2 Å². The number of carbonyl (C=O) groups is 3. The Balaban J connectivity index is 1.53. The number of methoxy groups -OCH3 is 1. The highest BCUT2D eigenvalue weighted by Gasteiger charge is 2.29.